The molecule has 1 aliphatic carbocycles. The Balaban J connectivity index is 1.71. The second-order valence-electron chi connectivity index (χ2n) is 7.29. The highest BCUT2D eigenvalue weighted by molar-refractivity contribution is 5.79. The van der Waals surface area contributed by atoms with Gasteiger partial charge in [-0.3, -0.25) is 4.99 Å². The fourth-order valence-electron chi connectivity index (χ4n) is 3.31. The van der Waals surface area contributed by atoms with Crippen molar-refractivity contribution in [2.45, 2.75) is 58.1 Å². The zero-order valence-electron chi connectivity index (χ0n) is 17.8. The minimum Gasteiger partial charge on any atom is -0.493 e. The van der Waals surface area contributed by atoms with Crippen molar-refractivity contribution < 1.29 is 14.2 Å². The van der Waals surface area contributed by atoms with Crippen molar-refractivity contribution in [3.05, 3.63) is 29.3 Å². The van der Waals surface area contributed by atoms with Crippen LogP contribution in [-0.4, -0.2) is 52.6 Å². The predicted molar refractivity (Wildman–Crippen MR) is 114 cm³/mol. The van der Waals surface area contributed by atoms with E-state index in [1.54, 1.807) is 14.2 Å². The van der Waals surface area contributed by atoms with Crippen molar-refractivity contribution in [2.75, 3.05) is 40.5 Å². The Morgan fingerprint density at radius 2 is 1.93 bits per heavy atom. The molecule has 0 atom stereocenters. The highest BCUT2D eigenvalue weighted by atomic mass is 16.5. The molecule has 0 saturated heterocycles. The van der Waals surface area contributed by atoms with Crippen molar-refractivity contribution in [1.29, 1.82) is 0 Å². The van der Waals surface area contributed by atoms with Crippen LogP contribution in [0.2, 0.25) is 0 Å². The maximum atomic E-state index is 5.95. The Labute approximate surface area is 170 Å². The molecule has 1 fully saturated rings. The smallest absolute Gasteiger partial charge is 0.191 e. The van der Waals surface area contributed by atoms with Gasteiger partial charge in [-0.25, -0.2) is 0 Å². The first kappa shape index (κ1) is 22.5. The van der Waals surface area contributed by atoms with Crippen LogP contribution in [0.25, 0.3) is 0 Å². The molecule has 1 aliphatic rings. The number of hydrogen-bond donors (Lipinski definition) is 2. The first-order valence-corrected chi connectivity index (χ1v) is 10.5. The summed E-state index contributed by atoms with van der Waals surface area (Å²) < 4.78 is 16.9. The summed E-state index contributed by atoms with van der Waals surface area (Å²) in [5.74, 6) is 1.72. The second kappa shape index (κ2) is 13.4. The van der Waals surface area contributed by atoms with Gasteiger partial charge in [0.15, 0.2) is 5.96 Å². The molecular formula is C22H37N3O3. The SMILES string of the molecule is CN=C(NCCCOC1CCCC1)NCc1ccc(C)cc1OCCCOC. The molecule has 0 heterocycles. The van der Waals surface area contributed by atoms with Crippen LogP contribution in [0.1, 0.15) is 49.7 Å². The molecule has 0 amide bonds. The van der Waals surface area contributed by atoms with Crippen LogP contribution in [-0.2, 0) is 16.0 Å². The number of aliphatic imine (C=N–C) groups is 1. The number of guanidine groups is 1. The number of aryl methyl sites for hydroxylation is 1. The number of methoxy groups -OCH3 is 1. The van der Waals surface area contributed by atoms with Gasteiger partial charge in [0.05, 0.1) is 12.7 Å². The monoisotopic (exact) mass is 391 g/mol. The highest BCUT2D eigenvalue weighted by Gasteiger charge is 2.14. The fourth-order valence-corrected chi connectivity index (χ4v) is 3.31. The Morgan fingerprint density at radius 3 is 2.68 bits per heavy atom. The third kappa shape index (κ3) is 8.48. The molecule has 158 valence electrons. The maximum absolute atomic E-state index is 5.95. The normalized spacial score (nSPS) is 15.0. The molecule has 0 radical (unpaired) electrons. The molecule has 2 rings (SSSR count). The van der Waals surface area contributed by atoms with Gasteiger partial charge in [-0.2, -0.15) is 0 Å². The molecule has 6 heteroatoms. The molecule has 1 aromatic carbocycles. The largest absolute Gasteiger partial charge is 0.493 e. The van der Waals surface area contributed by atoms with Crippen molar-refractivity contribution in [2.24, 2.45) is 4.99 Å². The lowest BCUT2D eigenvalue weighted by Crippen LogP contribution is -2.37. The van der Waals surface area contributed by atoms with Gasteiger partial charge in [-0.15, -0.1) is 0 Å². The predicted octanol–water partition coefficient (Wildman–Crippen LogP) is 3.42. The molecule has 0 bridgehead atoms. The van der Waals surface area contributed by atoms with Gasteiger partial charge in [0.1, 0.15) is 5.75 Å². The lowest BCUT2D eigenvalue weighted by Gasteiger charge is -2.16. The van der Waals surface area contributed by atoms with Crippen LogP contribution in [0.5, 0.6) is 5.75 Å². The first-order chi connectivity index (χ1) is 13.7. The van der Waals surface area contributed by atoms with Gasteiger partial charge in [-0.05, 0) is 37.8 Å². The number of nitrogens with one attached hydrogen (secondary N) is 2. The minimum atomic E-state index is 0.487. The summed E-state index contributed by atoms with van der Waals surface area (Å²) in [6.45, 7) is 5.76. The van der Waals surface area contributed by atoms with E-state index < -0.39 is 0 Å². The van der Waals surface area contributed by atoms with E-state index in [0.29, 0.717) is 25.9 Å². The fraction of sp³-hybridized carbons (Fsp3) is 0.682. The van der Waals surface area contributed by atoms with Gasteiger partial charge in [0, 0.05) is 52.4 Å². The van der Waals surface area contributed by atoms with Gasteiger partial charge in [0.25, 0.3) is 0 Å². The van der Waals surface area contributed by atoms with Gasteiger partial charge >= 0.3 is 0 Å². The second-order valence-corrected chi connectivity index (χ2v) is 7.29. The maximum Gasteiger partial charge on any atom is 0.191 e. The molecule has 2 N–H and O–H groups in total. The average molecular weight is 392 g/mol. The zero-order valence-corrected chi connectivity index (χ0v) is 17.8. The van der Waals surface area contributed by atoms with Crippen LogP contribution in [0.4, 0.5) is 0 Å². The van der Waals surface area contributed by atoms with E-state index in [1.807, 2.05) is 0 Å². The number of rotatable bonds is 12. The lowest BCUT2D eigenvalue weighted by molar-refractivity contribution is 0.0574. The molecule has 0 aromatic heterocycles. The molecule has 28 heavy (non-hydrogen) atoms. The molecule has 1 saturated carbocycles. The Kier molecular flexibility index (Phi) is 10.8. The van der Waals surface area contributed by atoms with E-state index in [4.69, 9.17) is 14.2 Å². The van der Waals surface area contributed by atoms with E-state index in [1.165, 1.54) is 31.2 Å². The number of nitrogens with zero attached hydrogens (tertiary/aromatic N) is 1. The molecule has 1 aromatic rings. The Hall–Kier alpha value is -1.79. The Bertz CT molecular complexity index is 586. The van der Waals surface area contributed by atoms with Crippen LogP contribution < -0.4 is 15.4 Å². The molecule has 6 nitrogen and oxygen atoms in total. The molecule has 0 spiro atoms. The van der Waals surface area contributed by atoms with Crippen molar-refractivity contribution in [3.8, 4) is 5.75 Å². The van der Waals surface area contributed by atoms with Crippen LogP contribution in [0, 0.1) is 6.92 Å². The molecule has 0 unspecified atom stereocenters. The lowest BCUT2D eigenvalue weighted by atomic mass is 10.1. The van der Waals surface area contributed by atoms with E-state index in [0.717, 1.165) is 43.3 Å². The molecular weight excluding hydrogens is 354 g/mol. The quantitative estimate of drug-likeness (QED) is 0.325. The summed E-state index contributed by atoms with van der Waals surface area (Å²) in [5, 5.41) is 6.73. The van der Waals surface area contributed by atoms with E-state index in [-0.39, 0.29) is 0 Å². The number of benzene rings is 1. The van der Waals surface area contributed by atoms with Crippen LogP contribution in [0.15, 0.2) is 23.2 Å². The van der Waals surface area contributed by atoms with Crippen LogP contribution >= 0.6 is 0 Å². The van der Waals surface area contributed by atoms with E-state index in [2.05, 4.69) is 40.7 Å². The minimum absolute atomic E-state index is 0.487. The first-order valence-electron chi connectivity index (χ1n) is 10.5. The topological polar surface area (TPSA) is 64.1 Å². The van der Waals surface area contributed by atoms with Crippen molar-refractivity contribution in [1.82, 2.24) is 10.6 Å². The summed E-state index contributed by atoms with van der Waals surface area (Å²) in [5.41, 5.74) is 2.31. The Morgan fingerprint density at radius 1 is 1.11 bits per heavy atom. The third-order valence-electron chi connectivity index (χ3n) is 4.91. The number of hydrogen-bond acceptors (Lipinski definition) is 4. The van der Waals surface area contributed by atoms with Crippen molar-refractivity contribution >= 4 is 5.96 Å². The van der Waals surface area contributed by atoms with E-state index in [9.17, 15) is 0 Å². The summed E-state index contributed by atoms with van der Waals surface area (Å²) in [6.07, 6.45) is 7.43. The van der Waals surface area contributed by atoms with Crippen molar-refractivity contribution in [3.63, 3.8) is 0 Å². The summed E-state index contributed by atoms with van der Waals surface area (Å²) in [7, 11) is 3.50. The summed E-state index contributed by atoms with van der Waals surface area (Å²) in [4.78, 5) is 4.31. The number of ether oxygens (including phenoxy) is 3. The zero-order chi connectivity index (χ0) is 20.0. The standard InChI is InChI=1S/C22H37N3O3/c1-18-10-11-19(21(16-18)28-15-7-13-26-3)17-25-22(23-2)24-12-6-14-27-20-8-4-5-9-20/h10-11,16,20H,4-9,12-15,17H2,1-3H3,(H2,23,24,25). The highest BCUT2D eigenvalue weighted by Crippen LogP contribution is 2.21. The summed E-state index contributed by atoms with van der Waals surface area (Å²) >= 11 is 0. The summed E-state index contributed by atoms with van der Waals surface area (Å²) in [6, 6.07) is 6.30. The van der Waals surface area contributed by atoms with Gasteiger partial charge in [-0.1, -0.05) is 25.0 Å². The van der Waals surface area contributed by atoms with E-state index >= 15 is 0 Å². The van der Waals surface area contributed by atoms with Gasteiger partial charge in [0.2, 0.25) is 0 Å². The third-order valence-corrected chi connectivity index (χ3v) is 4.91. The molecule has 0 aliphatic heterocycles. The average Bonchev–Trinajstić information content (AvgIpc) is 3.22. The van der Waals surface area contributed by atoms with Crippen LogP contribution in [0.3, 0.4) is 0 Å². The van der Waals surface area contributed by atoms with Gasteiger partial charge < -0.3 is 24.8 Å².